The Bertz CT molecular complexity index is 778. The first-order valence-electron chi connectivity index (χ1n) is 8.27. The van der Waals surface area contributed by atoms with Crippen molar-refractivity contribution in [2.24, 2.45) is 0 Å². The summed E-state index contributed by atoms with van der Waals surface area (Å²) in [6.45, 7) is 5.76. The number of nitrogens with zero attached hydrogens (tertiary/aromatic N) is 4. The summed E-state index contributed by atoms with van der Waals surface area (Å²) in [7, 11) is 0. The predicted octanol–water partition coefficient (Wildman–Crippen LogP) is 2.88. The van der Waals surface area contributed by atoms with Crippen LogP contribution in [0.3, 0.4) is 0 Å². The lowest BCUT2D eigenvalue weighted by Crippen LogP contribution is -2.41. The molecule has 0 atom stereocenters. The minimum atomic E-state index is -4.45. The van der Waals surface area contributed by atoms with Gasteiger partial charge in [0.05, 0.1) is 36.2 Å². The van der Waals surface area contributed by atoms with E-state index in [1.54, 1.807) is 4.90 Å². The third-order valence-electron chi connectivity index (χ3n) is 4.17. The third-order valence-corrected chi connectivity index (χ3v) is 4.17. The average Bonchev–Trinajstić information content (AvgIpc) is 3.06. The van der Waals surface area contributed by atoms with Crippen LogP contribution in [0, 0.1) is 0 Å². The van der Waals surface area contributed by atoms with E-state index in [-0.39, 0.29) is 17.6 Å². The summed E-state index contributed by atoms with van der Waals surface area (Å²) in [6.07, 6.45) is -2.23. The summed E-state index contributed by atoms with van der Waals surface area (Å²) in [5.41, 5.74) is 0.224. The van der Waals surface area contributed by atoms with Gasteiger partial charge in [-0.1, -0.05) is 13.8 Å². The molecule has 3 rings (SSSR count). The van der Waals surface area contributed by atoms with E-state index < -0.39 is 11.7 Å². The smallest absolute Gasteiger partial charge is 0.378 e. The van der Waals surface area contributed by atoms with Gasteiger partial charge >= 0.3 is 6.18 Å². The Kier molecular flexibility index (Phi) is 4.99. The number of carbonyl (C=O) groups excluding carboxylic acids is 1. The molecule has 1 amide bonds. The van der Waals surface area contributed by atoms with Crippen molar-refractivity contribution < 1.29 is 22.7 Å². The molecule has 3 heterocycles. The average molecular weight is 368 g/mol. The highest BCUT2D eigenvalue weighted by atomic mass is 19.4. The molecule has 1 aliphatic rings. The second kappa shape index (κ2) is 7.06. The van der Waals surface area contributed by atoms with Crippen molar-refractivity contribution in [3.05, 3.63) is 41.3 Å². The van der Waals surface area contributed by atoms with E-state index in [1.807, 2.05) is 13.8 Å². The highest BCUT2D eigenvalue weighted by molar-refractivity contribution is 5.95. The maximum Gasteiger partial charge on any atom is 0.417 e. The number of hydrogen-bond acceptors (Lipinski definition) is 4. The standard InChI is InChI=1S/C17H19F3N4O2/c1-11(2)15-13(16(25)23-5-7-26-8-6-23)10-22-24(15)14-4-3-12(9-21-14)17(18,19)20/h3-4,9-11H,5-8H2,1-2H3. The first-order chi connectivity index (χ1) is 12.3. The van der Waals surface area contributed by atoms with Gasteiger partial charge in [-0.15, -0.1) is 0 Å². The number of halogens is 3. The van der Waals surface area contributed by atoms with Crippen molar-refractivity contribution in [3.8, 4) is 5.82 Å². The summed E-state index contributed by atoms with van der Waals surface area (Å²) >= 11 is 0. The Hall–Kier alpha value is -2.42. The molecule has 0 saturated carbocycles. The number of amides is 1. The van der Waals surface area contributed by atoms with Crippen LogP contribution in [0.2, 0.25) is 0 Å². The first kappa shape index (κ1) is 18.4. The van der Waals surface area contributed by atoms with Gasteiger partial charge in [-0.2, -0.15) is 18.3 Å². The van der Waals surface area contributed by atoms with Crippen LogP contribution in [0.1, 0.15) is 41.4 Å². The zero-order chi connectivity index (χ0) is 18.9. The van der Waals surface area contributed by atoms with E-state index in [1.165, 1.54) is 16.9 Å². The van der Waals surface area contributed by atoms with E-state index >= 15 is 0 Å². The van der Waals surface area contributed by atoms with Crippen LogP contribution in [-0.2, 0) is 10.9 Å². The van der Waals surface area contributed by atoms with Crippen LogP contribution >= 0.6 is 0 Å². The molecular weight excluding hydrogens is 349 g/mol. The molecule has 140 valence electrons. The van der Waals surface area contributed by atoms with Crippen molar-refractivity contribution in [3.63, 3.8) is 0 Å². The van der Waals surface area contributed by atoms with E-state index in [9.17, 15) is 18.0 Å². The van der Waals surface area contributed by atoms with Gasteiger partial charge in [0.1, 0.15) is 0 Å². The molecule has 0 aliphatic carbocycles. The summed E-state index contributed by atoms with van der Waals surface area (Å²) in [6, 6.07) is 2.21. The maximum atomic E-state index is 12.8. The fourth-order valence-electron chi connectivity index (χ4n) is 2.88. The number of aromatic nitrogens is 3. The van der Waals surface area contributed by atoms with Crippen LogP contribution in [-0.4, -0.2) is 51.9 Å². The quantitative estimate of drug-likeness (QED) is 0.836. The molecule has 0 unspecified atom stereocenters. The van der Waals surface area contributed by atoms with Crippen molar-refractivity contribution >= 4 is 5.91 Å². The lowest BCUT2D eigenvalue weighted by atomic mass is 10.0. The van der Waals surface area contributed by atoms with Gasteiger partial charge in [-0.05, 0) is 18.1 Å². The molecule has 1 aliphatic heterocycles. The predicted molar refractivity (Wildman–Crippen MR) is 87.2 cm³/mol. The van der Waals surface area contributed by atoms with Crippen LogP contribution in [0.15, 0.2) is 24.5 Å². The second-order valence-corrected chi connectivity index (χ2v) is 6.32. The SMILES string of the molecule is CC(C)c1c(C(=O)N2CCOCC2)cnn1-c1ccc(C(F)(F)F)cn1. The fraction of sp³-hybridized carbons (Fsp3) is 0.471. The van der Waals surface area contributed by atoms with Gasteiger partial charge in [-0.3, -0.25) is 4.79 Å². The second-order valence-electron chi connectivity index (χ2n) is 6.32. The Morgan fingerprint density at radius 3 is 2.42 bits per heavy atom. The van der Waals surface area contributed by atoms with Gasteiger partial charge in [0, 0.05) is 19.3 Å². The van der Waals surface area contributed by atoms with E-state index in [4.69, 9.17) is 4.74 Å². The summed E-state index contributed by atoms with van der Waals surface area (Å²) in [5.74, 6) is 0.0134. The molecule has 26 heavy (non-hydrogen) atoms. The molecule has 9 heteroatoms. The summed E-state index contributed by atoms with van der Waals surface area (Å²) in [4.78, 5) is 18.4. The van der Waals surface area contributed by atoms with E-state index in [0.717, 1.165) is 12.3 Å². The minimum absolute atomic E-state index is 0.0680. The van der Waals surface area contributed by atoms with Gasteiger partial charge in [0.15, 0.2) is 5.82 Å². The Morgan fingerprint density at radius 2 is 1.88 bits per heavy atom. The van der Waals surface area contributed by atoms with Crippen molar-refractivity contribution in [1.82, 2.24) is 19.7 Å². The van der Waals surface area contributed by atoms with Crippen LogP contribution in [0.4, 0.5) is 13.2 Å². The molecule has 1 saturated heterocycles. The zero-order valence-corrected chi connectivity index (χ0v) is 14.5. The molecule has 0 bridgehead atoms. The molecular formula is C17H19F3N4O2. The van der Waals surface area contributed by atoms with Crippen LogP contribution < -0.4 is 0 Å². The lowest BCUT2D eigenvalue weighted by Gasteiger charge is -2.27. The topological polar surface area (TPSA) is 60.3 Å². The molecule has 0 radical (unpaired) electrons. The number of carbonyl (C=O) groups is 1. The number of hydrogen-bond donors (Lipinski definition) is 0. The fourth-order valence-corrected chi connectivity index (χ4v) is 2.88. The van der Waals surface area contributed by atoms with Crippen molar-refractivity contribution in [2.75, 3.05) is 26.3 Å². The Labute approximate surface area is 148 Å². The highest BCUT2D eigenvalue weighted by Gasteiger charge is 2.31. The zero-order valence-electron chi connectivity index (χ0n) is 14.5. The van der Waals surface area contributed by atoms with Crippen molar-refractivity contribution in [1.29, 1.82) is 0 Å². The number of ether oxygens (including phenoxy) is 1. The van der Waals surface area contributed by atoms with E-state index in [2.05, 4.69) is 10.1 Å². The molecule has 0 N–H and O–H groups in total. The molecule has 2 aromatic heterocycles. The minimum Gasteiger partial charge on any atom is -0.378 e. The molecule has 6 nitrogen and oxygen atoms in total. The summed E-state index contributed by atoms with van der Waals surface area (Å²) in [5, 5.41) is 4.21. The van der Waals surface area contributed by atoms with Gasteiger partial charge in [0.25, 0.3) is 5.91 Å². The molecule has 2 aromatic rings. The summed E-state index contributed by atoms with van der Waals surface area (Å²) < 4.78 is 44.9. The molecule has 0 aromatic carbocycles. The highest BCUT2D eigenvalue weighted by Crippen LogP contribution is 2.29. The normalized spacial score (nSPS) is 15.5. The first-order valence-corrected chi connectivity index (χ1v) is 8.27. The lowest BCUT2D eigenvalue weighted by molar-refractivity contribution is -0.137. The number of morpholine rings is 1. The maximum absolute atomic E-state index is 12.8. The van der Waals surface area contributed by atoms with Gasteiger partial charge < -0.3 is 9.64 Å². The van der Waals surface area contributed by atoms with Crippen LogP contribution in [0.5, 0.6) is 0 Å². The third kappa shape index (κ3) is 3.57. The number of pyridine rings is 1. The van der Waals surface area contributed by atoms with Gasteiger partial charge in [-0.25, -0.2) is 9.67 Å². The van der Waals surface area contributed by atoms with E-state index in [0.29, 0.717) is 37.6 Å². The van der Waals surface area contributed by atoms with Gasteiger partial charge in [0.2, 0.25) is 0 Å². The number of alkyl halides is 3. The molecule has 0 spiro atoms. The van der Waals surface area contributed by atoms with Crippen LogP contribution in [0.25, 0.3) is 5.82 Å². The van der Waals surface area contributed by atoms with Crippen molar-refractivity contribution in [2.45, 2.75) is 25.9 Å². The Morgan fingerprint density at radius 1 is 1.19 bits per heavy atom. The molecule has 1 fully saturated rings. The largest absolute Gasteiger partial charge is 0.417 e. The number of rotatable bonds is 3. The Balaban J connectivity index is 1.96. The monoisotopic (exact) mass is 368 g/mol.